The third-order valence-corrected chi connectivity index (χ3v) is 8.86. The maximum absolute atomic E-state index is 13.5. The molecule has 3 aromatic heterocycles. The molecule has 3 N–H and O–H groups in total. The fourth-order valence-electron chi connectivity index (χ4n) is 4.73. The van der Waals surface area contributed by atoms with E-state index in [1.165, 1.54) is 39.1 Å². The highest BCUT2D eigenvalue weighted by atomic mass is 32.1. The number of nitrogens with one attached hydrogen (secondary N) is 1. The van der Waals surface area contributed by atoms with Gasteiger partial charge in [0, 0.05) is 15.3 Å². The quantitative estimate of drug-likeness (QED) is 0.408. The lowest BCUT2D eigenvalue weighted by atomic mass is 9.95. The molecule has 1 aliphatic carbocycles. The minimum absolute atomic E-state index is 0.205. The lowest BCUT2D eigenvalue weighted by Crippen LogP contribution is -2.28. The Kier molecular flexibility index (Phi) is 6.06. The number of fused-ring (bicyclic) bond motifs is 2. The average molecular weight is 507 g/mol. The van der Waals surface area contributed by atoms with Crippen molar-refractivity contribution < 1.29 is 9.59 Å². The van der Waals surface area contributed by atoms with Crippen molar-refractivity contribution in [3.05, 3.63) is 66.9 Å². The monoisotopic (exact) mass is 506 g/mol. The van der Waals surface area contributed by atoms with Crippen molar-refractivity contribution in [1.82, 2.24) is 9.55 Å². The Morgan fingerprint density at radius 1 is 1.11 bits per heavy atom. The van der Waals surface area contributed by atoms with Gasteiger partial charge in [-0.2, -0.15) is 0 Å². The Balaban J connectivity index is 1.49. The first-order valence-corrected chi connectivity index (χ1v) is 13.2. The summed E-state index contributed by atoms with van der Waals surface area (Å²) in [7, 11) is 0. The minimum atomic E-state index is -0.535. The molecule has 4 aromatic rings. The number of rotatable bonds is 5. The van der Waals surface area contributed by atoms with Crippen LogP contribution in [0, 0.1) is 20.8 Å². The molecule has 0 aliphatic heterocycles. The summed E-state index contributed by atoms with van der Waals surface area (Å²) >= 11 is 2.88. The van der Waals surface area contributed by atoms with E-state index in [0.717, 1.165) is 57.7 Å². The van der Waals surface area contributed by atoms with Gasteiger partial charge in [-0.3, -0.25) is 19.0 Å². The number of aryl methyl sites for hydroxylation is 4. The zero-order valence-corrected chi connectivity index (χ0v) is 21.5. The Hall–Kier alpha value is -3.30. The zero-order valence-electron chi connectivity index (χ0n) is 19.9. The number of benzene rings is 1. The number of anilines is 1. The second kappa shape index (κ2) is 9.05. The van der Waals surface area contributed by atoms with E-state index in [-0.39, 0.29) is 12.1 Å². The van der Waals surface area contributed by atoms with Gasteiger partial charge in [-0.1, -0.05) is 18.2 Å². The number of nitrogens with zero attached hydrogens (tertiary/aromatic N) is 2. The highest BCUT2D eigenvalue weighted by Gasteiger charge is 2.25. The van der Waals surface area contributed by atoms with Crippen molar-refractivity contribution in [1.29, 1.82) is 0 Å². The molecule has 0 atom stereocenters. The molecule has 35 heavy (non-hydrogen) atoms. The molecule has 5 rings (SSSR count). The number of hydrogen-bond donors (Lipinski definition) is 2. The third-order valence-electron chi connectivity index (χ3n) is 6.63. The molecule has 0 saturated carbocycles. The van der Waals surface area contributed by atoms with Gasteiger partial charge in [-0.25, -0.2) is 4.98 Å². The van der Waals surface area contributed by atoms with Crippen molar-refractivity contribution in [3.8, 4) is 11.1 Å². The largest absolute Gasteiger partial charge is 0.365 e. The number of carbonyl (C=O) groups is 2. The molecule has 1 aliphatic rings. The third kappa shape index (κ3) is 4.19. The van der Waals surface area contributed by atoms with Crippen molar-refractivity contribution in [2.45, 2.75) is 53.0 Å². The van der Waals surface area contributed by atoms with Crippen LogP contribution in [0.1, 0.15) is 49.6 Å². The van der Waals surface area contributed by atoms with Crippen molar-refractivity contribution in [3.63, 3.8) is 0 Å². The summed E-state index contributed by atoms with van der Waals surface area (Å²) in [4.78, 5) is 45.8. The molecule has 3 heterocycles. The zero-order chi connectivity index (χ0) is 24.9. The van der Waals surface area contributed by atoms with E-state index in [4.69, 9.17) is 5.73 Å². The molecule has 2 amide bonds. The smallest absolute Gasteiger partial charge is 0.263 e. The predicted molar refractivity (Wildman–Crippen MR) is 142 cm³/mol. The summed E-state index contributed by atoms with van der Waals surface area (Å²) < 4.78 is 1.33. The maximum Gasteiger partial charge on any atom is 0.263 e. The molecule has 0 radical (unpaired) electrons. The Bertz CT molecular complexity index is 1560. The molecule has 1 aromatic carbocycles. The number of primary amides is 1. The average Bonchev–Trinajstić information content (AvgIpc) is 3.34. The van der Waals surface area contributed by atoms with Gasteiger partial charge < -0.3 is 11.1 Å². The van der Waals surface area contributed by atoms with Gasteiger partial charge in [0.15, 0.2) is 0 Å². The summed E-state index contributed by atoms with van der Waals surface area (Å²) in [6.45, 7) is 5.88. The van der Waals surface area contributed by atoms with Gasteiger partial charge in [0.1, 0.15) is 16.4 Å². The fraction of sp³-hybridized carbons (Fsp3) is 0.308. The highest BCUT2D eigenvalue weighted by Crippen LogP contribution is 2.38. The van der Waals surface area contributed by atoms with Gasteiger partial charge >= 0.3 is 0 Å². The number of carbonyl (C=O) groups excluding carboxylic acids is 2. The van der Waals surface area contributed by atoms with Crippen LogP contribution in [0.4, 0.5) is 5.00 Å². The Morgan fingerprint density at radius 2 is 1.89 bits per heavy atom. The standard InChI is InChI=1S/C26H26N4O3S2/c1-13-8-9-16(10-14(13)2)20-15(3)34-24-22(20)26(33)30(12-28-24)11-19(31)29-25-21(23(27)32)17-6-4-5-7-18(17)35-25/h8-10,12H,4-7,11H2,1-3H3,(H2,27,32)(H,29,31). The van der Waals surface area contributed by atoms with Crippen LogP contribution in [0.3, 0.4) is 0 Å². The Morgan fingerprint density at radius 3 is 2.63 bits per heavy atom. The first kappa shape index (κ1) is 23.4. The van der Waals surface area contributed by atoms with Crippen LogP contribution in [-0.4, -0.2) is 21.4 Å². The van der Waals surface area contributed by atoms with Crippen LogP contribution >= 0.6 is 22.7 Å². The second-order valence-corrected chi connectivity index (χ2v) is 11.3. The number of aromatic nitrogens is 2. The Labute approximate surface area is 210 Å². The molecule has 0 unspecified atom stereocenters. The van der Waals surface area contributed by atoms with Crippen molar-refractivity contribution >= 4 is 49.7 Å². The number of amides is 2. The lowest BCUT2D eigenvalue weighted by Gasteiger charge is -2.11. The van der Waals surface area contributed by atoms with Gasteiger partial charge in [0.05, 0.1) is 17.3 Å². The van der Waals surface area contributed by atoms with Crippen LogP contribution in [0.5, 0.6) is 0 Å². The van der Waals surface area contributed by atoms with Crippen LogP contribution in [-0.2, 0) is 24.2 Å². The SMILES string of the molecule is Cc1ccc(-c2c(C)sc3ncn(CC(=O)Nc4sc5c(c4C(N)=O)CCCC5)c(=O)c23)cc1C. The molecule has 180 valence electrons. The molecule has 0 bridgehead atoms. The predicted octanol–water partition coefficient (Wildman–Crippen LogP) is 4.73. The van der Waals surface area contributed by atoms with Crippen LogP contribution < -0.4 is 16.6 Å². The van der Waals surface area contributed by atoms with E-state index in [1.54, 1.807) is 0 Å². The van der Waals surface area contributed by atoms with E-state index >= 15 is 0 Å². The van der Waals surface area contributed by atoms with E-state index in [0.29, 0.717) is 20.8 Å². The van der Waals surface area contributed by atoms with Crippen molar-refractivity contribution in [2.24, 2.45) is 5.73 Å². The van der Waals surface area contributed by atoms with E-state index in [2.05, 4.69) is 23.3 Å². The first-order valence-electron chi connectivity index (χ1n) is 11.5. The van der Waals surface area contributed by atoms with Gasteiger partial charge in [0.2, 0.25) is 5.91 Å². The summed E-state index contributed by atoms with van der Waals surface area (Å²) in [5.74, 6) is -0.930. The van der Waals surface area contributed by atoms with E-state index in [1.807, 2.05) is 26.0 Å². The van der Waals surface area contributed by atoms with E-state index < -0.39 is 11.8 Å². The van der Waals surface area contributed by atoms with Gasteiger partial charge in [0.25, 0.3) is 11.5 Å². The molecule has 0 spiro atoms. The molecular formula is C26H26N4O3S2. The molecule has 7 nitrogen and oxygen atoms in total. The van der Waals surface area contributed by atoms with E-state index in [9.17, 15) is 14.4 Å². The summed E-state index contributed by atoms with van der Waals surface area (Å²) in [5, 5.41) is 3.83. The van der Waals surface area contributed by atoms with Crippen LogP contribution in [0.15, 0.2) is 29.3 Å². The van der Waals surface area contributed by atoms with Gasteiger partial charge in [-0.15, -0.1) is 22.7 Å². The topological polar surface area (TPSA) is 107 Å². The molecular weight excluding hydrogens is 480 g/mol. The summed E-state index contributed by atoms with van der Waals surface area (Å²) in [6, 6.07) is 6.15. The summed E-state index contributed by atoms with van der Waals surface area (Å²) in [6.07, 6.45) is 5.15. The normalized spacial score (nSPS) is 13.1. The van der Waals surface area contributed by atoms with Crippen LogP contribution in [0.25, 0.3) is 21.3 Å². The highest BCUT2D eigenvalue weighted by molar-refractivity contribution is 7.19. The number of nitrogens with two attached hydrogens (primary N) is 1. The minimum Gasteiger partial charge on any atom is -0.365 e. The van der Waals surface area contributed by atoms with Gasteiger partial charge in [-0.05, 0) is 68.7 Å². The lowest BCUT2D eigenvalue weighted by molar-refractivity contribution is -0.116. The molecule has 9 heteroatoms. The number of hydrogen-bond acceptors (Lipinski definition) is 6. The molecule has 0 fully saturated rings. The van der Waals surface area contributed by atoms with Crippen molar-refractivity contribution in [2.75, 3.05) is 5.32 Å². The summed E-state index contributed by atoms with van der Waals surface area (Å²) in [5.41, 5.74) is 10.9. The number of thiophene rings is 2. The maximum atomic E-state index is 13.5. The second-order valence-electron chi connectivity index (χ2n) is 9.02. The van der Waals surface area contributed by atoms with Crippen LogP contribution in [0.2, 0.25) is 0 Å². The first-order chi connectivity index (χ1) is 16.7. The molecule has 0 saturated heterocycles. The fourth-order valence-corrected chi connectivity index (χ4v) is 7.04.